The Morgan fingerprint density at radius 1 is 1.64 bits per heavy atom. The Labute approximate surface area is 85.9 Å². The van der Waals surface area contributed by atoms with Crippen LogP contribution < -0.4 is 4.74 Å². The van der Waals surface area contributed by atoms with Gasteiger partial charge in [0.2, 0.25) is 0 Å². The van der Waals surface area contributed by atoms with Crippen LogP contribution in [0.1, 0.15) is 5.56 Å². The predicted octanol–water partition coefficient (Wildman–Crippen LogP) is 2.98. The smallest absolute Gasteiger partial charge is 0.119 e. The summed E-state index contributed by atoms with van der Waals surface area (Å²) in [5.41, 5.74) is 9.53. The van der Waals surface area contributed by atoms with Crippen LogP contribution in [-0.4, -0.2) is 12.5 Å². The fourth-order valence-corrected chi connectivity index (χ4v) is 2.54. The van der Waals surface area contributed by atoms with E-state index in [1.165, 1.54) is 10.5 Å². The third kappa shape index (κ3) is 1.64. The summed E-state index contributed by atoms with van der Waals surface area (Å²) in [5.74, 6) is 0.853. The van der Waals surface area contributed by atoms with Crippen LogP contribution in [0.2, 0.25) is 0 Å². The molecular weight excluding hydrogens is 198 g/mol. The zero-order valence-corrected chi connectivity index (χ0v) is 8.49. The zero-order chi connectivity index (χ0) is 9.97. The second-order valence-corrected chi connectivity index (χ2v) is 4.17. The molecular formula is C9H9N3OS. The molecule has 0 N–H and O–H groups in total. The van der Waals surface area contributed by atoms with E-state index in [0.717, 1.165) is 12.2 Å². The van der Waals surface area contributed by atoms with E-state index >= 15 is 0 Å². The summed E-state index contributed by atoms with van der Waals surface area (Å²) < 4.78 is 5.12. The third-order valence-corrected chi connectivity index (χ3v) is 3.29. The molecule has 1 unspecified atom stereocenters. The Morgan fingerprint density at radius 2 is 2.50 bits per heavy atom. The van der Waals surface area contributed by atoms with Crippen molar-refractivity contribution >= 4 is 11.8 Å². The maximum absolute atomic E-state index is 8.33. The molecule has 0 aromatic heterocycles. The Hall–Kier alpha value is -1.32. The van der Waals surface area contributed by atoms with Crippen molar-refractivity contribution in [1.82, 2.24) is 0 Å². The number of nitrogens with zero attached hydrogens (tertiary/aromatic N) is 3. The normalized spacial score (nSPS) is 18.5. The monoisotopic (exact) mass is 207 g/mol. The predicted molar refractivity (Wildman–Crippen MR) is 55.5 cm³/mol. The van der Waals surface area contributed by atoms with Crippen LogP contribution in [0.25, 0.3) is 10.4 Å². The first kappa shape index (κ1) is 9.24. The minimum absolute atomic E-state index is 0.00195. The molecule has 1 aromatic rings. The number of thioether (sulfide) groups is 1. The number of hydrogen-bond acceptors (Lipinski definition) is 3. The van der Waals surface area contributed by atoms with Crippen LogP contribution in [0, 0.1) is 0 Å². The first-order valence-corrected chi connectivity index (χ1v) is 5.09. The van der Waals surface area contributed by atoms with Crippen LogP contribution in [-0.2, 0) is 6.42 Å². The largest absolute Gasteiger partial charge is 0.497 e. The van der Waals surface area contributed by atoms with Crippen LogP contribution >= 0.6 is 11.8 Å². The Bertz CT molecular complexity index is 401. The number of rotatable bonds is 2. The number of benzene rings is 1. The van der Waals surface area contributed by atoms with Gasteiger partial charge in [0.25, 0.3) is 0 Å². The summed E-state index contributed by atoms with van der Waals surface area (Å²) >= 11 is 1.60. The number of hydrogen-bond donors (Lipinski definition) is 0. The molecule has 72 valence electrons. The second-order valence-electron chi connectivity index (χ2n) is 2.96. The SMILES string of the molecule is COc1ccc2c(c1)CC(N=[N+]=[N-])S2. The van der Waals surface area contributed by atoms with E-state index in [1.54, 1.807) is 18.9 Å². The molecule has 1 atom stereocenters. The molecule has 0 saturated heterocycles. The lowest BCUT2D eigenvalue weighted by atomic mass is 10.1. The minimum Gasteiger partial charge on any atom is -0.497 e. The summed E-state index contributed by atoms with van der Waals surface area (Å²) in [6.07, 6.45) is 0.793. The van der Waals surface area contributed by atoms with E-state index in [0.29, 0.717) is 0 Å². The van der Waals surface area contributed by atoms with E-state index in [1.807, 2.05) is 18.2 Å². The van der Waals surface area contributed by atoms with Gasteiger partial charge in [-0.05, 0) is 35.7 Å². The lowest BCUT2D eigenvalue weighted by Gasteiger charge is -2.01. The molecule has 5 heteroatoms. The van der Waals surface area contributed by atoms with Gasteiger partial charge in [0.15, 0.2) is 0 Å². The van der Waals surface area contributed by atoms with E-state index in [4.69, 9.17) is 10.3 Å². The quantitative estimate of drug-likeness (QED) is 0.425. The molecule has 1 aromatic carbocycles. The highest BCUT2D eigenvalue weighted by Crippen LogP contribution is 2.39. The molecule has 0 radical (unpaired) electrons. The lowest BCUT2D eigenvalue weighted by Crippen LogP contribution is -1.93. The highest BCUT2D eigenvalue weighted by atomic mass is 32.2. The minimum atomic E-state index is 0.00195. The Balaban J connectivity index is 2.26. The highest BCUT2D eigenvalue weighted by molar-refractivity contribution is 8.00. The highest BCUT2D eigenvalue weighted by Gasteiger charge is 2.21. The van der Waals surface area contributed by atoms with Gasteiger partial charge >= 0.3 is 0 Å². The van der Waals surface area contributed by atoms with Gasteiger partial charge in [0.05, 0.1) is 12.5 Å². The van der Waals surface area contributed by atoms with Crippen molar-refractivity contribution in [1.29, 1.82) is 0 Å². The van der Waals surface area contributed by atoms with E-state index in [9.17, 15) is 0 Å². The van der Waals surface area contributed by atoms with Crippen molar-refractivity contribution in [3.8, 4) is 5.75 Å². The maximum atomic E-state index is 8.33. The Kier molecular flexibility index (Phi) is 2.52. The van der Waals surface area contributed by atoms with Crippen LogP contribution in [0.15, 0.2) is 28.2 Å². The van der Waals surface area contributed by atoms with Crippen molar-refractivity contribution in [2.45, 2.75) is 16.7 Å². The van der Waals surface area contributed by atoms with Gasteiger partial charge in [0.1, 0.15) is 5.75 Å². The summed E-state index contributed by atoms with van der Waals surface area (Å²) in [7, 11) is 1.65. The van der Waals surface area contributed by atoms with Gasteiger partial charge in [-0.3, -0.25) is 0 Å². The topological polar surface area (TPSA) is 58.0 Å². The van der Waals surface area contributed by atoms with E-state index in [2.05, 4.69) is 10.0 Å². The van der Waals surface area contributed by atoms with Crippen molar-refractivity contribution in [2.75, 3.05) is 7.11 Å². The number of azide groups is 1. The molecule has 1 heterocycles. The van der Waals surface area contributed by atoms with Gasteiger partial charge in [-0.2, -0.15) is 0 Å². The number of fused-ring (bicyclic) bond motifs is 1. The maximum Gasteiger partial charge on any atom is 0.119 e. The second kappa shape index (κ2) is 3.82. The average molecular weight is 207 g/mol. The molecule has 1 aliphatic rings. The summed E-state index contributed by atoms with van der Waals surface area (Å²) in [6.45, 7) is 0. The molecule has 0 fully saturated rings. The number of ether oxygens (including phenoxy) is 1. The van der Waals surface area contributed by atoms with Crippen LogP contribution in [0.3, 0.4) is 0 Å². The lowest BCUT2D eigenvalue weighted by molar-refractivity contribution is 0.414. The van der Waals surface area contributed by atoms with Gasteiger partial charge in [0, 0.05) is 9.81 Å². The zero-order valence-electron chi connectivity index (χ0n) is 7.67. The van der Waals surface area contributed by atoms with Gasteiger partial charge in [-0.25, -0.2) is 0 Å². The molecule has 14 heavy (non-hydrogen) atoms. The fraction of sp³-hybridized carbons (Fsp3) is 0.333. The first-order chi connectivity index (χ1) is 6.83. The van der Waals surface area contributed by atoms with Gasteiger partial charge in [-0.15, -0.1) is 11.8 Å². The van der Waals surface area contributed by atoms with E-state index in [-0.39, 0.29) is 5.37 Å². The molecule has 0 saturated carbocycles. The van der Waals surface area contributed by atoms with Gasteiger partial charge in [-0.1, -0.05) is 5.11 Å². The van der Waals surface area contributed by atoms with Gasteiger partial charge < -0.3 is 4.74 Å². The van der Waals surface area contributed by atoms with Crippen molar-refractivity contribution in [3.05, 3.63) is 34.2 Å². The van der Waals surface area contributed by atoms with E-state index < -0.39 is 0 Å². The number of methoxy groups -OCH3 is 1. The van der Waals surface area contributed by atoms with Crippen molar-refractivity contribution < 1.29 is 4.74 Å². The standard InChI is InChI=1S/C9H9N3OS/c1-13-7-2-3-8-6(4-7)5-9(14-8)11-12-10/h2-4,9H,5H2,1H3. The molecule has 0 aliphatic carbocycles. The molecule has 2 rings (SSSR count). The molecule has 0 spiro atoms. The van der Waals surface area contributed by atoms with Crippen LogP contribution in [0.4, 0.5) is 0 Å². The van der Waals surface area contributed by atoms with Crippen molar-refractivity contribution in [2.24, 2.45) is 5.11 Å². The summed E-state index contributed by atoms with van der Waals surface area (Å²) in [4.78, 5) is 4.00. The van der Waals surface area contributed by atoms with Crippen LogP contribution in [0.5, 0.6) is 5.75 Å². The molecule has 0 bridgehead atoms. The summed E-state index contributed by atoms with van der Waals surface area (Å²) in [5, 5.41) is 3.70. The molecule has 1 aliphatic heterocycles. The fourth-order valence-electron chi connectivity index (χ4n) is 1.46. The first-order valence-electron chi connectivity index (χ1n) is 4.21. The summed E-state index contributed by atoms with van der Waals surface area (Å²) in [6, 6.07) is 5.92. The molecule has 0 amide bonds. The average Bonchev–Trinajstić information content (AvgIpc) is 2.59. The Morgan fingerprint density at radius 3 is 3.21 bits per heavy atom. The third-order valence-electron chi connectivity index (χ3n) is 2.11. The van der Waals surface area contributed by atoms with Crippen molar-refractivity contribution in [3.63, 3.8) is 0 Å². The molecule has 4 nitrogen and oxygen atoms in total.